The smallest absolute Gasteiger partial charge is 0.123 e. The highest BCUT2D eigenvalue weighted by molar-refractivity contribution is 5.42. The van der Waals surface area contributed by atoms with Gasteiger partial charge in [-0.05, 0) is 25.0 Å². The summed E-state index contributed by atoms with van der Waals surface area (Å²) in [6.07, 6.45) is 4.18. The Bertz CT molecular complexity index is 266. The lowest BCUT2D eigenvalue weighted by Gasteiger charge is -2.16. The molecule has 56 valence electrons. The summed E-state index contributed by atoms with van der Waals surface area (Å²) in [4.78, 5) is 0. The Morgan fingerprint density at radius 3 is 3.27 bits per heavy atom. The molecule has 0 amide bonds. The zero-order valence-electron chi connectivity index (χ0n) is 6.55. The quantitative estimate of drug-likeness (QED) is 0.545. The number of hydrogen-bond donors (Lipinski definition) is 0. The summed E-state index contributed by atoms with van der Waals surface area (Å²) in [6, 6.07) is 6.20. The standard InChI is InChI=1S/C10H10O/c1-8-4-5-9-3-2-6-11-10(9)7-8/h4-5,7H,2,6H2,1H3. The van der Waals surface area contributed by atoms with E-state index in [0.717, 1.165) is 24.3 Å². The molecule has 1 aliphatic rings. The lowest BCUT2D eigenvalue weighted by atomic mass is 10.0. The third-order valence-corrected chi connectivity index (χ3v) is 1.81. The molecule has 1 heterocycles. The predicted molar refractivity (Wildman–Crippen MR) is 43.6 cm³/mol. The topological polar surface area (TPSA) is 9.23 Å². The van der Waals surface area contributed by atoms with E-state index in [0.29, 0.717) is 0 Å². The second kappa shape index (κ2) is 2.57. The van der Waals surface area contributed by atoms with E-state index in [9.17, 15) is 0 Å². The van der Waals surface area contributed by atoms with Gasteiger partial charge in [-0.2, -0.15) is 0 Å². The van der Waals surface area contributed by atoms with Crippen molar-refractivity contribution < 1.29 is 4.74 Å². The molecule has 0 spiro atoms. The van der Waals surface area contributed by atoms with Crippen LogP contribution >= 0.6 is 0 Å². The number of rotatable bonds is 0. The van der Waals surface area contributed by atoms with Crippen molar-refractivity contribution in [1.82, 2.24) is 0 Å². The third kappa shape index (κ3) is 1.23. The van der Waals surface area contributed by atoms with Gasteiger partial charge >= 0.3 is 0 Å². The second-order valence-electron chi connectivity index (χ2n) is 2.77. The van der Waals surface area contributed by atoms with Gasteiger partial charge in [-0.3, -0.25) is 0 Å². The lowest BCUT2D eigenvalue weighted by molar-refractivity contribution is 0.306. The molecule has 11 heavy (non-hydrogen) atoms. The maximum atomic E-state index is 5.44. The molecule has 0 bridgehead atoms. The van der Waals surface area contributed by atoms with Crippen LogP contribution in [0.4, 0.5) is 0 Å². The Labute approximate surface area is 67.0 Å². The van der Waals surface area contributed by atoms with Crippen LogP contribution in [0, 0.1) is 13.3 Å². The Morgan fingerprint density at radius 2 is 2.36 bits per heavy atom. The normalized spacial score (nSPS) is 15.4. The minimum atomic E-state index is 0.774. The zero-order chi connectivity index (χ0) is 7.68. The first-order valence-electron chi connectivity index (χ1n) is 3.83. The van der Waals surface area contributed by atoms with E-state index in [-0.39, 0.29) is 0 Å². The number of hydrogen-bond acceptors (Lipinski definition) is 1. The van der Waals surface area contributed by atoms with Crippen LogP contribution in [0.5, 0.6) is 5.75 Å². The van der Waals surface area contributed by atoms with Gasteiger partial charge in [-0.25, -0.2) is 0 Å². The van der Waals surface area contributed by atoms with Crippen molar-refractivity contribution in [2.24, 2.45) is 0 Å². The second-order valence-corrected chi connectivity index (χ2v) is 2.77. The van der Waals surface area contributed by atoms with Crippen LogP contribution in [-0.4, -0.2) is 6.61 Å². The molecule has 2 rings (SSSR count). The summed E-state index contributed by atoms with van der Waals surface area (Å²) in [5, 5.41) is 0. The lowest BCUT2D eigenvalue weighted by Crippen LogP contribution is -2.06. The monoisotopic (exact) mass is 146 g/mol. The van der Waals surface area contributed by atoms with Gasteiger partial charge in [0.15, 0.2) is 0 Å². The minimum absolute atomic E-state index is 0.774. The molecule has 0 aliphatic carbocycles. The largest absolute Gasteiger partial charge is 0.493 e. The van der Waals surface area contributed by atoms with E-state index in [1.54, 1.807) is 0 Å². The van der Waals surface area contributed by atoms with Crippen LogP contribution < -0.4 is 4.74 Å². The van der Waals surface area contributed by atoms with Crippen molar-refractivity contribution in [2.75, 3.05) is 6.61 Å². The van der Waals surface area contributed by atoms with Crippen molar-refractivity contribution in [3.63, 3.8) is 0 Å². The highest BCUT2D eigenvalue weighted by Gasteiger charge is 2.09. The highest BCUT2D eigenvalue weighted by Crippen LogP contribution is 2.26. The van der Waals surface area contributed by atoms with E-state index >= 15 is 0 Å². The summed E-state index contributed by atoms with van der Waals surface area (Å²) >= 11 is 0. The summed E-state index contributed by atoms with van der Waals surface area (Å²) in [5.74, 6) is 0.983. The maximum Gasteiger partial charge on any atom is 0.123 e. The Hall–Kier alpha value is -0.980. The summed E-state index contributed by atoms with van der Waals surface area (Å²) in [6.45, 7) is 2.84. The van der Waals surface area contributed by atoms with E-state index in [2.05, 4.69) is 31.5 Å². The summed E-state index contributed by atoms with van der Waals surface area (Å²) < 4.78 is 5.44. The SMILES string of the molecule is Cc1ccc2c(c1)OCC[C]2. The van der Waals surface area contributed by atoms with E-state index < -0.39 is 0 Å². The molecule has 1 nitrogen and oxygen atoms in total. The van der Waals surface area contributed by atoms with Gasteiger partial charge in [-0.15, -0.1) is 0 Å². The molecule has 1 aliphatic heterocycles. The first-order chi connectivity index (χ1) is 5.36. The fraction of sp³-hybridized carbons (Fsp3) is 0.300. The molecule has 0 aromatic heterocycles. The molecule has 1 aromatic carbocycles. The highest BCUT2D eigenvalue weighted by atomic mass is 16.5. The van der Waals surface area contributed by atoms with Crippen LogP contribution in [0.2, 0.25) is 0 Å². The molecule has 1 aromatic rings. The predicted octanol–water partition coefficient (Wildman–Crippen LogP) is 2.21. The molecule has 0 unspecified atom stereocenters. The Balaban J connectivity index is 2.43. The van der Waals surface area contributed by atoms with Crippen molar-refractivity contribution in [2.45, 2.75) is 13.3 Å². The average molecular weight is 146 g/mol. The fourth-order valence-corrected chi connectivity index (χ4v) is 1.24. The Kier molecular flexibility index (Phi) is 1.57. The van der Waals surface area contributed by atoms with Crippen LogP contribution in [-0.2, 0) is 0 Å². The number of aryl methyl sites for hydroxylation is 1. The molecule has 0 saturated carbocycles. The first kappa shape index (κ1) is 6.71. The zero-order valence-corrected chi connectivity index (χ0v) is 6.55. The fourth-order valence-electron chi connectivity index (χ4n) is 1.24. The molecule has 0 fully saturated rings. The summed E-state index contributed by atoms with van der Waals surface area (Å²) in [5.41, 5.74) is 2.36. The molecular weight excluding hydrogens is 136 g/mol. The van der Waals surface area contributed by atoms with E-state index in [1.165, 1.54) is 5.56 Å². The average Bonchev–Trinajstić information content (AvgIpc) is 2.04. The molecule has 1 heteroatoms. The van der Waals surface area contributed by atoms with Crippen LogP contribution in [0.15, 0.2) is 18.2 Å². The third-order valence-electron chi connectivity index (χ3n) is 1.81. The van der Waals surface area contributed by atoms with Gasteiger partial charge in [0.2, 0.25) is 0 Å². The van der Waals surface area contributed by atoms with E-state index in [4.69, 9.17) is 4.74 Å². The van der Waals surface area contributed by atoms with Crippen LogP contribution in [0.1, 0.15) is 17.5 Å². The van der Waals surface area contributed by atoms with Crippen molar-refractivity contribution in [1.29, 1.82) is 0 Å². The van der Waals surface area contributed by atoms with Gasteiger partial charge in [0.25, 0.3) is 0 Å². The molecule has 0 atom stereocenters. The maximum absolute atomic E-state index is 5.44. The van der Waals surface area contributed by atoms with Crippen molar-refractivity contribution >= 4 is 0 Å². The van der Waals surface area contributed by atoms with Crippen molar-refractivity contribution in [3.8, 4) is 5.75 Å². The summed E-state index contributed by atoms with van der Waals surface area (Å²) in [7, 11) is 0. The van der Waals surface area contributed by atoms with Gasteiger partial charge < -0.3 is 4.74 Å². The van der Waals surface area contributed by atoms with Gasteiger partial charge in [-0.1, -0.05) is 12.1 Å². The van der Waals surface area contributed by atoms with E-state index in [1.807, 2.05) is 0 Å². The van der Waals surface area contributed by atoms with Gasteiger partial charge in [0.05, 0.1) is 6.61 Å². The van der Waals surface area contributed by atoms with Gasteiger partial charge in [0, 0.05) is 12.0 Å². The number of fused-ring (bicyclic) bond motifs is 1. The first-order valence-corrected chi connectivity index (χ1v) is 3.83. The van der Waals surface area contributed by atoms with Crippen LogP contribution in [0.25, 0.3) is 0 Å². The molecule has 0 N–H and O–H groups in total. The number of ether oxygens (including phenoxy) is 1. The molecule has 0 saturated heterocycles. The number of benzene rings is 1. The minimum Gasteiger partial charge on any atom is -0.493 e. The van der Waals surface area contributed by atoms with Gasteiger partial charge in [0.1, 0.15) is 5.75 Å². The molecule has 2 radical (unpaired) electrons. The van der Waals surface area contributed by atoms with Crippen molar-refractivity contribution in [3.05, 3.63) is 35.7 Å². The Morgan fingerprint density at radius 1 is 1.45 bits per heavy atom. The molecular formula is C10H10O. The van der Waals surface area contributed by atoms with Crippen LogP contribution in [0.3, 0.4) is 0 Å².